The lowest BCUT2D eigenvalue weighted by Gasteiger charge is -2.30. The summed E-state index contributed by atoms with van der Waals surface area (Å²) in [6.07, 6.45) is -0.808. The number of hydrogen-bond acceptors (Lipinski definition) is 13. The molecule has 0 radical (unpaired) electrons. The van der Waals surface area contributed by atoms with Gasteiger partial charge in [-0.25, -0.2) is 4.79 Å². The molecule has 0 saturated heterocycles. The van der Waals surface area contributed by atoms with E-state index in [1.807, 2.05) is 0 Å². The molecule has 0 aliphatic heterocycles. The van der Waals surface area contributed by atoms with Crippen LogP contribution in [0.4, 0.5) is 0 Å². The normalized spacial score (nSPS) is 14.6. The van der Waals surface area contributed by atoms with Crippen molar-refractivity contribution in [2.24, 2.45) is 5.41 Å². The molecule has 5 N–H and O–H groups in total. The van der Waals surface area contributed by atoms with Crippen LogP contribution in [0.2, 0.25) is 0 Å². The predicted octanol–water partition coefficient (Wildman–Crippen LogP) is -1.27. The molecule has 2 atom stereocenters. The second-order valence-electron chi connectivity index (χ2n) is 7.11. The molecule has 0 aliphatic rings. The summed E-state index contributed by atoms with van der Waals surface area (Å²) in [5.41, 5.74) is -1.37. The highest BCUT2D eigenvalue weighted by atomic mass is 32.2. The van der Waals surface area contributed by atoms with Gasteiger partial charge in [-0.2, -0.15) is 23.5 Å². The van der Waals surface area contributed by atoms with E-state index in [2.05, 4.69) is 6.58 Å². The molecule has 11 nitrogen and oxygen atoms in total. The third-order valence-electron chi connectivity index (χ3n) is 4.04. The maximum Gasteiger partial charge on any atom is 0.330 e. The lowest BCUT2D eigenvalue weighted by molar-refractivity contribution is -0.163. The van der Waals surface area contributed by atoms with Crippen molar-refractivity contribution in [2.75, 3.05) is 62.7 Å². The van der Waals surface area contributed by atoms with Crippen molar-refractivity contribution in [2.45, 2.75) is 25.0 Å². The third-order valence-corrected chi connectivity index (χ3v) is 6.27. The van der Waals surface area contributed by atoms with E-state index in [4.69, 9.17) is 24.4 Å². The molecule has 2 unspecified atom stereocenters. The van der Waals surface area contributed by atoms with Crippen molar-refractivity contribution in [3.63, 3.8) is 0 Å². The highest BCUT2D eigenvalue weighted by Gasteiger charge is 2.35. The molecular formula is C20H34O11S2. The van der Waals surface area contributed by atoms with Gasteiger partial charge in [0.05, 0.1) is 50.3 Å². The van der Waals surface area contributed by atoms with Gasteiger partial charge in [-0.15, -0.1) is 0 Å². The minimum atomic E-state index is -1.37. The topological polar surface area (TPSA) is 180 Å². The summed E-state index contributed by atoms with van der Waals surface area (Å²) < 4.78 is 15.3. The van der Waals surface area contributed by atoms with E-state index in [0.29, 0.717) is 11.5 Å². The second kappa shape index (κ2) is 19.0. The minimum Gasteiger partial charge on any atom is -0.465 e. The quantitative estimate of drug-likeness (QED) is 0.0562. The summed E-state index contributed by atoms with van der Waals surface area (Å²) >= 11 is 2.51. The van der Waals surface area contributed by atoms with E-state index in [1.54, 1.807) is 0 Å². The largest absolute Gasteiger partial charge is 0.465 e. The highest BCUT2D eigenvalue weighted by Crippen LogP contribution is 2.20. The fourth-order valence-electron chi connectivity index (χ4n) is 2.01. The summed E-state index contributed by atoms with van der Waals surface area (Å²) in [5, 5.41) is 45.9. The smallest absolute Gasteiger partial charge is 0.330 e. The summed E-state index contributed by atoms with van der Waals surface area (Å²) in [7, 11) is 0. The monoisotopic (exact) mass is 514 g/mol. The maximum atomic E-state index is 12.0. The van der Waals surface area contributed by atoms with Crippen LogP contribution in [0.15, 0.2) is 12.7 Å². The van der Waals surface area contributed by atoms with Crippen LogP contribution in [0, 0.1) is 5.41 Å². The molecule has 33 heavy (non-hydrogen) atoms. The van der Waals surface area contributed by atoms with Crippen molar-refractivity contribution in [3.8, 4) is 0 Å². The number of aliphatic hydroxyl groups excluding tert-OH is 5. The number of rotatable bonds is 20. The van der Waals surface area contributed by atoms with E-state index in [9.17, 15) is 29.7 Å². The molecule has 0 saturated carbocycles. The molecule has 0 rings (SSSR count). The SMILES string of the molecule is C=CC(=O)OCC(CO)(COC(=O)CCSCC(O)CO)COC(=O)CCSCC(O)CO. The van der Waals surface area contributed by atoms with Crippen LogP contribution in [0.3, 0.4) is 0 Å². The number of aliphatic hydroxyl groups is 5. The van der Waals surface area contributed by atoms with E-state index in [-0.39, 0.29) is 57.4 Å². The van der Waals surface area contributed by atoms with Crippen molar-refractivity contribution in [1.29, 1.82) is 0 Å². The predicted molar refractivity (Wildman–Crippen MR) is 123 cm³/mol. The lowest BCUT2D eigenvalue weighted by Crippen LogP contribution is -2.42. The molecule has 0 fully saturated rings. The minimum absolute atomic E-state index is 0.00741. The lowest BCUT2D eigenvalue weighted by atomic mass is 9.92. The maximum absolute atomic E-state index is 12.0. The standard InChI is InChI=1S/C20H34O11S2/c1-2-17(26)29-12-20(11-23,13-30-18(27)3-5-32-9-15(24)7-21)14-31-19(28)4-6-33-10-16(25)8-22/h2,15-16,21-25H,1,3-14H2. The average Bonchev–Trinajstić information content (AvgIpc) is 2.83. The van der Waals surface area contributed by atoms with Crippen LogP contribution in [-0.2, 0) is 28.6 Å². The number of carbonyl (C=O) groups is 3. The van der Waals surface area contributed by atoms with Gasteiger partial charge in [0.15, 0.2) is 0 Å². The van der Waals surface area contributed by atoms with Crippen molar-refractivity contribution >= 4 is 41.4 Å². The molecule has 0 aliphatic carbocycles. The van der Waals surface area contributed by atoms with Gasteiger partial charge in [0.25, 0.3) is 0 Å². The molecule has 0 aromatic carbocycles. The zero-order chi connectivity index (χ0) is 25.1. The van der Waals surface area contributed by atoms with Gasteiger partial charge >= 0.3 is 17.9 Å². The first-order chi connectivity index (χ1) is 15.7. The zero-order valence-corrected chi connectivity index (χ0v) is 20.1. The fourth-order valence-corrected chi connectivity index (χ4v) is 3.72. The molecule has 0 amide bonds. The Morgan fingerprint density at radius 2 is 1.24 bits per heavy atom. The first-order valence-electron chi connectivity index (χ1n) is 10.2. The molecule has 0 heterocycles. The Bertz CT molecular complexity index is 554. The molecule has 13 heteroatoms. The van der Waals surface area contributed by atoms with Gasteiger partial charge in [-0.1, -0.05) is 6.58 Å². The molecule has 0 aromatic rings. The molecule has 0 aromatic heterocycles. The number of hydrogen-bond donors (Lipinski definition) is 5. The number of thioether (sulfide) groups is 2. The Labute approximate surface area is 201 Å². The average molecular weight is 515 g/mol. The Hall–Kier alpha value is -1.35. The van der Waals surface area contributed by atoms with Gasteiger partial charge in [-0.3, -0.25) is 9.59 Å². The van der Waals surface area contributed by atoms with Gasteiger partial charge in [0.2, 0.25) is 0 Å². The van der Waals surface area contributed by atoms with Crippen LogP contribution in [0.25, 0.3) is 0 Å². The first-order valence-corrected chi connectivity index (χ1v) is 12.5. The molecule has 0 spiro atoms. The van der Waals surface area contributed by atoms with Gasteiger partial charge in [0.1, 0.15) is 19.8 Å². The van der Waals surface area contributed by atoms with Crippen LogP contribution < -0.4 is 0 Å². The van der Waals surface area contributed by atoms with E-state index < -0.39 is 42.1 Å². The number of ether oxygens (including phenoxy) is 3. The van der Waals surface area contributed by atoms with Gasteiger partial charge in [-0.05, 0) is 0 Å². The number of carbonyl (C=O) groups excluding carboxylic acids is 3. The fraction of sp³-hybridized carbons (Fsp3) is 0.750. The zero-order valence-electron chi connectivity index (χ0n) is 18.4. The molecule has 192 valence electrons. The molecule has 0 bridgehead atoms. The Balaban J connectivity index is 4.68. The molecular weight excluding hydrogens is 480 g/mol. The van der Waals surface area contributed by atoms with E-state index >= 15 is 0 Å². The Morgan fingerprint density at radius 3 is 1.61 bits per heavy atom. The highest BCUT2D eigenvalue weighted by molar-refractivity contribution is 7.99. The van der Waals surface area contributed by atoms with Crippen LogP contribution in [0.1, 0.15) is 12.8 Å². The van der Waals surface area contributed by atoms with Gasteiger partial charge in [0, 0.05) is 29.1 Å². The van der Waals surface area contributed by atoms with Gasteiger partial charge < -0.3 is 39.7 Å². The first kappa shape index (κ1) is 31.6. The van der Waals surface area contributed by atoms with Crippen LogP contribution >= 0.6 is 23.5 Å². The Kier molecular flexibility index (Phi) is 18.2. The third kappa shape index (κ3) is 16.0. The summed E-state index contributed by atoms with van der Waals surface area (Å²) in [4.78, 5) is 35.4. The van der Waals surface area contributed by atoms with Crippen LogP contribution in [-0.4, -0.2) is 118 Å². The van der Waals surface area contributed by atoms with E-state index in [0.717, 1.165) is 6.08 Å². The van der Waals surface area contributed by atoms with Crippen molar-refractivity contribution < 1.29 is 54.1 Å². The Morgan fingerprint density at radius 1 is 0.818 bits per heavy atom. The van der Waals surface area contributed by atoms with E-state index in [1.165, 1.54) is 23.5 Å². The van der Waals surface area contributed by atoms with Crippen LogP contribution in [0.5, 0.6) is 0 Å². The summed E-state index contributed by atoms with van der Waals surface area (Å²) in [5.74, 6) is -0.762. The van der Waals surface area contributed by atoms with Crippen molar-refractivity contribution in [3.05, 3.63) is 12.7 Å². The second-order valence-corrected chi connectivity index (χ2v) is 9.41. The summed E-state index contributed by atoms with van der Waals surface area (Å²) in [6, 6.07) is 0. The van der Waals surface area contributed by atoms with Crippen molar-refractivity contribution in [1.82, 2.24) is 0 Å². The summed E-state index contributed by atoms with van der Waals surface area (Å²) in [6.45, 7) is 0.794. The number of esters is 3.